The summed E-state index contributed by atoms with van der Waals surface area (Å²) in [5.74, 6) is 0.718. The second-order valence-corrected chi connectivity index (χ2v) is 6.06. The third-order valence-corrected chi connectivity index (χ3v) is 4.29. The molecule has 0 unspecified atom stereocenters. The molecule has 2 N–H and O–H groups in total. The van der Waals surface area contributed by atoms with Crippen molar-refractivity contribution in [2.24, 2.45) is 0 Å². The van der Waals surface area contributed by atoms with Crippen molar-refractivity contribution < 1.29 is 9.53 Å². The van der Waals surface area contributed by atoms with Gasteiger partial charge in [0.05, 0.1) is 12.3 Å². The summed E-state index contributed by atoms with van der Waals surface area (Å²) in [7, 11) is 1.58. The van der Waals surface area contributed by atoms with Gasteiger partial charge in [-0.05, 0) is 12.1 Å². The first-order valence-corrected chi connectivity index (χ1v) is 7.98. The zero-order valence-electron chi connectivity index (χ0n) is 11.4. The predicted molar refractivity (Wildman–Crippen MR) is 82.6 cm³/mol. The number of hydrogen-bond acceptors (Lipinski definition) is 7. The molecule has 2 rings (SSSR count). The molecule has 112 valence electrons. The van der Waals surface area contributed by atoms with Gasteiger partial charge in [0.15, 0.2) is 4.34 Å². The fraction of sp³-hybridized carbons (Fsp3) is 0.333. The van der Waals surface area contributed by atoms with Gasteiger partial charge in [-0.1, -0.05) is 29.2 Å². The first-order chi connectivity index (χ1) is 10.3. The lowest BCUT2D eigenvalue weighted by molar-refractivity contribution is 0.198. The zero-order valence-corrected chi connectivity index (χ0v) is 13.0. The molecule has 0 fully saturated rings. The van der Waals surface area contributed by atoms with Crippen LogP contribution in [0.3, 0.4) is 0 Å². The minimum Gasteiger partial charge on any atom is -0.383 e. The van der Waals surface area contributed by atoms with E-state index >= 15 is 0 Å². The first kappa shape index (κ1) is 15.7. The lowest BCUT2D eigenvalue weighted by atomic mass is 10.4. The Labute approximate surface area is 130 Å². The Morgan fingerprint density at radius 1 is 1.43 bits per heavy atom. The van der Waals surface area contributed by atoms with Crippen LogP contribution in [0.4, 0.5) is 9.93 Å². The fourth-order valence-corrected chi connectivity index (χ4v) is 3.01. The molecule has 2 amide bonds. The van der Waals surface area contributed by atoms with Crippen molar-refractivity contribution in [2.75, 3.05) is 25.6 Å². The Hall–Kier alpha value is -1.71. The van der Waals surface area contributed by atoms with E-state index in [4.69, 9.17) is 4.74 Å². The summed E-state index contributed by atoms with van der Waals surface area (Å²) in [4.78, 5) is 15.8. The summed E-state index contributed by atoms with van der Waals surface area (Å²) >= 11 is 2.86. The van der Waals surface area contributed by atoms with E-state index in [0.717, 1.165) is 15.8 Å². The summed E-state index contributed by atoms with van der Waals surface area (Å²) in [5.41, 5.74) is 0.976. The Kier molecular flexibility index (Phi) is 6.38. The molecule has 0 aliphatic rings. The van der Waals surface area contributed by atoms with Crippen LogP contribution in [0.5, 0.6) is 0 Å². The zero-order chi connectivity index (χ0) is 14.9. The Morgan fingerprint density at radius 3 is 3.10 bits per heavy atom. The highest BCUT2D eigenvalue weighted by Gasteiger charge is 2.08. The van der Waals surface area contributed by atoms with E-state index in [1.54, 1.807) is 13.3 Å². The SMILES string of the molecule is COCCNC(=O)Nc1nnc(SCc2ccccn2)s1. The third kappa shape index (κ3) is 5.66. The minimum atomic E-state index is -0.315. The number of thioether (sulfide) groups is 1. The number of nitrogens with zero attached hydrogens (tertiary/aromatic N) is 3. The smallest absolute Gasteiger partial charge is 0.321 e. The molecular formula is C12H15N5O2S2. The standard InChI is InChI=1S/C12H15N5O2S2/c1-19-7-6-14-10(18)15-11-16-17-12(21-11)20-8-9-4-2-3-5-13-9/h2-5H,6-8H2,1H3,(H2,14,15,16,18). The van der Waals surface area contributed by atoms with Crippen molar-refractivity contribution >= 4 is 34.3 Å². The number of nitrogens with one attached hydrogen (secondary N) is 2. The number of anilines is 1. The molecule has 0 aliphatic carbocycles. The number of carbonyl (C=O) groups excluding carboxylic acids is 1. The van der Waals surface area contributed by atoms with Gasteiger partial charge < -0.3 is 10.1 Å². The van der Waals surface area contributed by atoms with Crippen molar-refractivity contribution in [3.8, 4) is 0 Å². The predicted octanol–water partition coefficient (Wildman–Crippen LogP) is 1.99. The maximum absolute atomic E-state index is 11.5. The highest BCUT2D eigenvalue weighted by Crippen LogP contribution is 2.27. The second-order valence-electron chi connectivity index (χ2n) is 3.86. The fourth-order valence-electron chi connectivity index (χ4n) is 1.35. The van der Waals surface area contributed by atoms with Crippen LogP contribution in [-0.4, -0.2) is 41.5 Å². The molecule has 21 heavy (non-hydrogen) atoms. The normalized spacial score (nSPS) is 10.3. The molecule has 0 aromatic carbocycles. The summed E-state index contributed by atoms with van der Waals surface area (Å²) < 4.78 is 5.63. The molecule has 0 saturated carbocycles. The average Bonchev–Trinajstić information content (AvgIpc) is 2.94. The first-order valence-electron chi connectivity index (χ1n) is 6.18. The van der Waals surface area contributed by atoms with Gasteiger partial charge >= 0.3 is 6.03 Å². The van der Waals surface area contributed by atoms with Crippen LogP contribution in [0.2, 0.25) is 0 Å². The van der Waals surface area contributed by atoms with Gasteiger partial charge in [0.1, 0.15) is 0 Å². The number of methoxy groups -OCH3 is 1. The van der Waals surface area contributed by atoms with Crippen LogP contribution < -0.4 is 10.6 Å². The lowest BCUT2D eigenvalue weighted by Gasteiger charge is -2.03. The van der Waals surface area contributed by atoms with Gasteiger partial charge in [0.2, 0.25) is 5.13 Å². The van der Waals surface area contributed by atoms with Crippen LogP contribution in [0.25, 0.3) is 0 Å². The van der Waals surface area contributed by atoms with Crippen LogP contribution in [-0.2, 0) is 10.5 Å². The van der Waals surface area contributed by atoms with Gasteiger partial charge in [-0.3, -0.25) is 10.3 Å². The van der Waals surface area contributed by atoms with E-state index in [1.165, 1.54) is 23.1 Å². The number of hydrogen-bond donors (Lipinski definition) is 2. The number of pyridine rings is 1. The number of rotatable bonds is 7. The van der Waals surface area contributed by atoms with Gasteiger partial charge in [-0.25, -0.2) is 4.79 Å². The molecule has 7 nitrogen and oxygen atoms in total. The van der Waals surface area contributed by atoms with Crippen molar-refractivity contribution in [3.63, 3.8) is 0 Å². The third-order valence-electron chi connectivity index (χ3n) is 2.29. The number of ether oxygens (including phenoxy) is 1. The van der Waals surface area contributed by atoms with Crippen LogP contribution in [0.1, 0.15) is 5.69 Å². The van der Waals surface area contributed by atoms with E-state index in [-0.39, 0.29) is 6.03 Å². The summed E-state index contributed by atoms with van der Waals surface area (Å²) in [6.45, 7) is 0.914. The van der Waals surface area contributed by atoms with E-state index in [9.17, 15) is 4.79 Å². The van der Waals surface area contributed by atoms with Crippen LogP contribution in [0.15, 0.2) is 28.7 Å². The van der Waals surface area contributed by atoms with Gasteiger partial charge in [-0.15, -0.1) is 10.2 Å². The topological polar surface area (TPSA) is 89.0 Å². The summed E-state index contributed by atoms with van der Waals surface area (Å²) in [5, 5.41) is 13.7. The van der Waals surface area contributed by atoms with Crippen molar-refractivity contribution in [1.82, 2.24) is 20.5 Å². The number of urea groups is 1. The van der Waals surface area contributed by atoms with Crippen molar-refractivity contribution in [3.05, 3.63) is 30.1 Å². The Morgan fingerprint density at radius 2 is 2.33 bits per heavy atom. The van der Waals surface area contributed by atoms with E-state index < -0.39 is 0 Å². The molecule has 0 saturated heterocycles. The number of aromatic nitrogens is 3. The number of amides is 2. The summed E-state index contributed by atoms with van der Waals surface area (Å²) in [6.07, 6.45) is 1.76. The van der Waals surface area contributed by atoms with Crippen molar-refractivity contribution in [2.45, 2.75) is 10.1 Å². The number of carbonyl (C=O) groups is 1. The molecule has 9 heteroatoms. The van der Waals surface area contributed by atoms with Crippen molar-refractivity contribution in [1.29, 1.82) is 0 Å². The highest BCUT2D eigenvalue weighted by atomic mass is 32.2. The van der Waals surface area contributed by atoms with Gasteiger partial charge in [0.25, 0.3) is 0 Å². The van der Waals surface area contributed by atoms with E-state index in [2.05, 4.69) is 25.8 Å². The van der Waals surface area contributed by atoms with Crippen LogP contribution >= 0.6 is 23.1 Å². The van der Waals surface area contributed by atoms with E-state index in [1.807, 2.05) is 18.2 Å². The van der Waals surface area contributed by atoms with Crippen LogP contribution in [0, 0.1) is 0 Å². The minimum absolute atomic E-state index is 0.315. The monoisotopic (exact) mass is 325 g/mol. The average molecular weight is 325 g/mol. The molecule has 2 aromatic rings. The maximum atomic E-state index is 11.5. The molecule has 0 aliphatic heterocycles. The lowest BCUT2D eigenvalue weighted by Crippen LogP contribution is -2.31. The maximum Gasteiger partial charge on any atom is 0.321 e. The molecule has 2 heterocycles. The Balaban J connectivity index is 1.77. The quantitative estimate of drug-likeness (QED) is 0.460. The largest absolute Gasteiger partial charge is 0.383 e. The molecular weight excluding hydrogens is 310 g/mol. The second kappa shape index (κ2) is 8.55. The Bertz CT molecular complexity index is 564. The molecule has 0 radical (unpaired) electrons. The van der Waals surface area contributed by atoms with Gasteiger partial charge in [0, 0.05) is 25.6 Å². The molecule has 0 bridgehead atoms. The molecule has 0 spiro atoms. The molecule has 2 aromatic heterocycles. The summed E-state index contributed by atoms with van der Waals surface area (Å²) in [6, 6.07) is 5.46. The van der Waals surface area contributed by atoms with E-state index in [0.29, 0.717) is 18.3 Å². The highest BCUT2D eigenvalue weighted by molar-refractivity contribution is 8.00. The van der Waals surface area contributed by atoms with Gasteiger partial charge in [-0.2, -0.15) is 0 Å². The molecule has 0 atom stereocenters.